The zero-order valence-electron chi connectivity index (χ0n) is 11.2. The van der Waals surface area contributed by atoms with Crippen LogP contribution in [0.3, 0.4) is 0 Å². The fourth-order valence-corrected chi connectivity index (χ4v) is 3.23. The van der Waals surface area contributed by atoms with E-state index in [1.807, 2.05) is 24.5 Å². The van der Waals surface area contributed by atoms with Crippen LogP contribution in [0.4, 0.5) is 0 Å². The normalized spacial score (nSPS) is 12.4. The van der Waals surface area contributed by atoms with Crippen LogP contribution in [0.15, 0.2) is 40.2 Å². The Kier molecular flexibility index (Phi) is 5.43. The van der Waals surface area contributed by atoms with Gasteiger partial charge in [-0.15, -0.1) is 11.3 Å². The highest BCUT2D eigenvalue weighted by molar-refractivity contribution is 9.10. The molecule has 1 aromatic heterocycles. The molecular weight excluding hydrogens is 322 g/mol. The van der Waals surface area contributed by atoms with Gasteiger partial charge in [0.2, 0.25) is 0 Å². The number of hydrogen-bond acceptors (Lipinski definition) is 3. The average Bonchev–Trinajstić information content (AvgIpc) is 2.93. The van der Waals surface area contributed by atoms with Crippen LogP contribution < -0.4 is 10.1 Å². The van der Waals surface area contributed by atoms with Crippen LogP contribution in [-0.2, 0) is 6.42 Å². The third-order valence-corrected chi connectivity index (χ3v) is 4.61. The molecule has 0 bridgehead atoms. The lowest BCUT2D eigenvalue weighted by atomic mass is 10.0. The molecule has 1 atom stereocenters. The van der Waals surface area contributed by atoms with Crippen LogP contribution in [-0.4, -0.2) is 14.2 Å². The van der Waals surface area contributed by atoms with Crippen LogP contribution in [0.1, 0.15) is 22.9 Å². The summed E-state index contributed by atoms with van der Waals surface area (Å²) in [6, 6.07) is 10.8. The highest BCUT2D eigenvalue weighted by atomic mass is 79.9. The number of ether oxygens (including phenoxy) is 1. The summed E-state index contributed by atoms with van der Waals surface area (Å²) >= 11 is 5.30. The Labute approximate surface area is 126 Å². The van der Waals surface area contributed by atoms with Gasteiger partial charge in [0.05, 0.1) is 7.11 Å². The van der Waals surface area contributed by atoms with E-state index in [9.17, 15) is 0 Å². The van der Waals surface area contributed by atoms with E-state index in [4.69, 9.17) is 4.74 Å². The zero-order chi connectivity index (χ0) is 13.7. The van der Waals surface area contributed by atoms with E-state index in [0.717, 1.165) is 23.1 Å². The van der Waals surface area contributed by atoms with Gasteiger partial charge in [-0.05, 0) is 43.5 Å². The molecule has 0 spiro atoms. The van der Waals surface area contributed by atoms with Crippen molar-refractivity contribution in [1.29, 1.82) is 0 Å². The highest BCUT2D eigenvalue weighted by Gasteiger charge is 2.14. The first-order chi connectivity index (χ1) is 9.24. The first kappa shape index (κ1) is 14.6. The van der Waals surface area contributed by atoms with Crippen molar-refractivity contribution < 1.29 is 4.74 Å². The van der Waals surface area contributed by atoms with Gasteiger partial charge in [-0.3, -0.25) is 0 Å². The second-order valence-electron chi connectivity index (χ2n) is 4.35. The van der Waals surface area contributed by atoms with Crippen LogP contribution in [0.2, 0.25) is 0 Å². The predicted molar refractivity (Wildman–Crippen MR) is 85.1 cm³/mol. The summed E-state index contributed by atoms with van der Waals surface area (Å²) in [5.74, 6) is 0.930. The molecule has 2 nitrogen and oxygen atoms in total. The van der Waals surface area contributed by atoms with E-state index >= 15 is 0 Å². The molecule has 0 radical (unpaired) electrons. The fourth-order valence-electron chi connectivity index (χ4n) is 2.17. The molecule has 0 aliphatic heterocycles. The van der Waals surface area contributed by atoms with Crippen LogP contribution in [0, 0.1) is 0 Å². The molecule has 0 aliphatic carbocycles. The van der Waals surface area contributed by atoms with Crippen molar-refractivity contribution in [3.63, 3.8) is 0 Å². The summed E-state index contributed by atoms with van der Waals surface area (Å²) in [4.78, 5) is 1.43. The van der Waals surface area contributed by atoms with Gasteiger partial charge in [-0.2, -0.15) is 0 Å². The van der Waals surface area contributed by atoms with Crippen molar-refractivity contribution in [3.8, 4) is 5.75 Å². The molecule has 0 saturated heterocycles. The standard InChI is InChI=1S/C15H18BrNOS/c1-17-14(8-6-12-4-3-9-19-12)13-7-5-11(16)10-15(13)18-2/h3-5,7,9-10,14,17H,6,8H2,1-2H3. The van der Waals surface area contributed by atoms with Crippen molar-refractivity contribution in [2.24, 2.45) is 0 Å². The van der Waals surface area contributed by atoms with E-state index < -0.39 is 0 Å². The van der Waals surface area contributed by atoms with Gasteiger partial charge in [0.25, 0.3) is 0 Å². The number of benzene rings is 1. The molecule has 0 fully saturated rings. The van der Waals surface area contributed by atoms with Crippen molar-refractivity contribution in [1.82, 2.24) is 5.32 Å². The van der Waals surface area contributed by atoms with Crippen LogP contribution in [0.25, 0.3) is 0 Å². The molecule has 2 aromatic rings. The first-order valence-electron chi connectivity index (χ1n) is 6.27. The smallest absolute Gasteiger partial charge is 0.124 e. The van der Waals surface area contributed by atoms with Crippen LogP contribution >= 0.6 is 27.3 Å². The molecule has 0 amide bonds. The van der Waals surface area contributed by atoms with Gasteiger partial charge in [-0.1, -0.05) is 28.1 Å². The monoisotopic (exact) mass is 339 g/mol. The maximum Gasteiger partial charge on any atom is 0.124 e. The number of thiophene rings is 1. The van der Waals surface area contributed by atoms with E-state index in [-0.39, 0.29) is 0 Å². The maximum atomic E-state index is 5.48. The molecule has 1 aromatic carbocycles. The summed E-state index contributed by atoms with van der Waals surface area (Å²) in [5.41, 5.74) is 1.21. The largest absolute Gasteiger partial charge is 0.496 e. The molecule has 1 heterocycles. The molecule has 1 N–H and O–H groups in total. The van der Waals surface area contributed by atoms with Crippen LogP contribution in [0.5, 0.6) is 5.75 Å². The Hall–Kier alpha value is -0.840. The third kappa shape index (κ3) is 3.81. The molecular formula is C15H18BrNOS. The fraction of sp³-hybridized carbons (Fsp3) is 0.333. The average molecular weight is 340 g/mol. The topological polar surface area (TPSA) is 21.3 Å². The van der Waals surface area contributed by atoms with E-state index in [1.165, 1.54) is 10.4 Å². The van der Waals surface area contributed by atoms with Crippen molar-refractivity contribution >= 4 is 27.3 Å². The molecule has 0 aliphatic rings. The summed E-state index contributed by atoms with van der Waals surface area (Å²) in [5, 5.41) is 5.51. The summed E-state index contributed by atoms with van der Waals surface area (Å²) in [7, 11) is 3.72. The van der Waals surface area contributed by atoms with E-state index in [0.29, 0.717) is 6.04 Å². The van der Waals surface area contributed by atoms with Gasteiger partial charge < -0.3 is 10.1 Å². The minimum atomic E-state index is 0.310. The van der Waals surface area contributed by atoms with E-state index in [1.54, 1.807) is 7.11 Å². The predicted octanol–water partition coefficient (Wildman–Crippen LogP) is 4.41. The molecule has 0 saturated carbocycles. The Morgan fingerprint density at radius 1 is 1.37 bits per heavy atom. The third-order valence-electron chi connectivity index (χ3n) is 3.18. The molecule has 4 heteroatoms. The Balaban J connectivity index is 2.12. The van der Waals surface area contributed by atoms with Crippen molar-refractivity contribution in [2.45, 2.75) is 18.9 Å². The van der Waals surface area contributed by atoms with Gasteiger partial charge in [0, 0.05) is 21.0 Å². The lowest BCUT2D eigenvalue weighted by Crippen LogP contribution is -2.17. The lowest BCUT2D eigenvalue weighted by Gasteiger charge is -2.19. The molecule has 102 valence electrons. The van der Waals surface area contributed by atoms with Gasteiger partial charge in [0.15, 0.2) is 0 Å². The van der Waals surface area contributed by atoms with Crippen molar-refractivity contribution in [2.75, 3.05) is 14.2 Å². The molecule has 2 rings (SSSR count). The summed E-state index contributed by atoms with van der Waals surface area (Å²) < 4.78 is 6.52. The number of methoxy groups -OCH3 is 1. The number of halogens is 1. The highest BCUT2D eigenvalue weighted by Crippen LogP contribution is 2.31. The SMILES string of the molecule is CNC(CCc1cccs1)c1ccc(Br)cc1OC. The molecule has 19 heavy (non-hydrogen) atoms. The molecule has 1 unspecified atom stereocenters. The minimum absolute atomic E-state index is 0.310. The number of hydrogen-bond donors (Lipinski definition) is 1. The Morgan fingerprint density at radius 3 is 2.84 bits per heavy atom. The quantitative estimate of drug-likeness (QED) is 0.841. The van der Waals surface area contributed by atoms with Gasteiger partial charge in [0.1, 0.15) is 5.75 Å². The zero-order valence-corrected chi connectivity index (χ0v) is 13.6. The number of aryl methyl sites for hydroxylation is 1. The summed E-state index contributed by atoms with van der Waals surface area (Å²) in [6.07, 6.45) is 2.15. The Morgan fingerprint density at radius 2 is 2.21 bits per heavy atom. The maximum absolute atomic E-state index is 5.48. The van der Waals surface area contributed by atoms with Crippen molar-refractivity contribution in [3.05, 3.63) is 50.6 Å². The summed E-state index contributed by atoms with van der Waals surface area (Å²) in [6.45, 7) is 0. The Bertz CT molecular complexity index is 513. The number of rotatable bonds is 6. The van der Waals surface area contributed by atoms with E-state index in [2.05, 4.69) is 50.9 Å². The first-order valence-corrected chi connectivity index (χ1v) is 7.95. The van der Waals surface area contributed by atoms with Gasteiger partial charge >= 0.3 is 0 Å². The van der Waals surface area contributed by atoms with Gasteiger partial charge in [-0.25, -0.2) is 0 Å². The lowest BCUT2D eigenvalue weighted by molar-refractivity contribution is 0.398. The second-order valence-corrected chi connectivity index (χ2v) is 6.29. The minimum Gasteiger partial charge on any atom is -0.496 e. The second kappa shape index (κ2) is 7.08. The number of nitrogens with one attached hydrogen (secondary N) is 1.